The van der Waals surface area contributed by atoms with E-state index >= 15 is 0 Å². The lowest BCUT2D eigenvalue weighted by Crippen LogP contribution is -2.23. The number of nitrogens with one attached hydrogen (secondary N) is 3. The molecule has 110 valence electrons. The number of nitrogens with zero attached hydrogens (tertiary/aromatic N) is 1. The molecule has 1 aromatic heterocycles. The molecule has 3 aromatic rings. The summed E-state index contributed by atoms with van der Waals surface area (Å²) >= 11 is 0. The number of urea groups is 1. The van der Waals surface area contributed by atoms with Gasteiger partial charge in [-0.05, 0) is 36.8 Å². The van der Waals surface area contributed by atoms with Crippen molar-refractivity contribution in [3.8, 4) is 0 Å². The molecule has 0 spiro atoms. The molecule has 5 nitrogen and oxygen atoms in total. The molecule has 0 bridgehead atoms. The Bertz CT molecular complexity index is 835. The maximum absolute atomic E-state index is 11.8. The molecule has 0 atom stereocenters. The number of carbonyl (C=O) groups is 1. The normalized spacial score (nSPS) is 11.0. The molecule has 0 saturated heterocycles. The van der Waals surface area contributed by atoms with Crippen LogP contribution in [-0.2, 0) is 0 Å². The molecule has 0 fully saturated rings. The van der Waals surface area contributed by atoms with E-state index in [0.29, 0.717) is 5.69 Å². The molecule has 0 unspecified atom stereocenters. The summed E-state index contributed by atoms with van der Waals surface area (Å²) in [4.78, 5) is 19.0. The van der Waals surface area contributed by atoms with E-state index in [1.165, 1.54) is 5.56 Å². The first-order chi connectivity index (χ1) is 10.7. The fourth-order valence-electron chi connectivity index (χ4n) is 2.17. The van der Waals surface area contributed by atoms with Crippen LogP contribution in [0.15, 0.2) is 55.0 Å². The molecular weight excluding hydrogens is 276 g/mol. The minimum absolute atomic E-state index is 0.289. The van der Waals surface area contributed by atoms with Gasteiger partial charge in [0, 0.05) is 11.9 Å². The van der Waals surface area contributed by atoms with Crippen molar-refractivity contribution in [3.05, 3.63) is 66.1 Å². The van der Waals surface area contributed by atoms with Crippen LogP contribution >= 0.6 is 0 Å². The van der Waals surface area contributed by atoms with Crippen molar-refractivity contribution < 1.29 is 4.79 Å². The van der Waals surface area contributed by atoms with Crippen LogP contribution in [0.2, 0.25) is 0 Å². The molecule has 2 amide bonds. The van der Waals surface area contributed by atoms with Crippen LogP contribution in [0.4, 0.5) is 10.5 Å². The highest BCUT2D eigenvalue weighted by Crippen LogP contribution is 2.15. The van der Waals surface area contributed by atoms with E-state index < -0.39 is 0 Å². The van der Waals surface area contributed by atoms with Gasteiger partial charge >= 0.3 is 6.03 Å². The van der Waals surface area contributed by atoms with Crippen molar-refractivity contribution in [1.29, 1.82) is 0 Å². The zero-order valence-corrected chi connectivity index (χ0v) is 12.1. The summed E-state index contributed by atoms with van der Waals surface area (Å²) in [5, 5.41) is 5.46. The van der Waals surface area contributed by atoms with Crippen LogP contribution < -0.4 is 10.6 Å². The predicted octanol–water partition coefficient (Wildman–Crippen LogP) is 3.66. The zero-order valence-electron chi connectivity index (χ0n) is 12.1. The number of aryl methyl sites for hydroxylation is 1. The third kappa shape index (κ3) is 3.32. The lowest BCUT2D eigenvalue weighted by atomic mass is 10.1. The lowest BCUT2D eigenvalue weighted by molar-refractivity contribution is 0.255. The average molecular weight is 292 g/mol. The van der Waals surface area contributed by atoms with Gasteiger partial charge in [-0.15, -0.1) is 0 Å². The molecule has 22 heavy (non-hydrogen) atoms. The third-order valence-corrected chi connectivity index (χ3v) is 3.21. The summed E-state index contributed by atoms with van der Waals surface area (Å²) < 4.78 is 0. The number of imidazole rings is 1. The number of benzene rings is 2. The van der Waals surface area contributed by atoms with Crippen molar-refractivity contribution in [2.24, 2.45) is 0 Å². The monoisotopic (exact) mass is 292 g/mol. The topological polar surface area (TPSA) is 69.8 Å². The first kappa shape index (κ1) is 13.9. The Morgan fingerprint density at radius 2 is 2.14 bits per heavy atom. The Labute approximate surface area is 128 Å². The molecule has 3 rings (SSSR count). The number of anilines is 1. The Morgan fingerprint density at radius 3 is 3.00 bits per heavy atom. The quantitative estimate of drug-likeness (QED) is 0.689. The van der Waals surface area contributed by atoms with Crippen molar-refractivity contribution in [2.75, 3.05) is 5.32 Å². The summed E-state index contributed by atoms with van der Waals surface area (Å²) in [6.45, 7) is 2.03. The summed E-state index contributed by atoms with van der Waals surface area (Å²) in [5.41, 5.74) is 4.68. The van der Waals surface area contributed by atoms with Crippen LogP contribution in [0.5, 0.6) is 0 Å². The fraction of sp³-hybridized carbons (Fsp3) is 0.0588. The molecule has 0 aliphatic carbocycles. The van der Waals surface area contributed by atoms with Crippen molar-refractivity contribution in [1.82, 2.24) is 15.3 Å². The second-order valence-corrected chi connectivity index (χ2v) is 4.98. The number of carbonyl (C=O) groups excluding carboxylic acids is 1. The second-order valence-electron chi connectivity index (χ2n) is 4.98. The van der Waals surface area contributed by atoms with E-state index in [4.69, 9.17) is 0 Å². The summed E-state index contributed by atoms with van der Waals surface area (Å²) in [6, 6.07) is 13.3. The molecule has 5 heteroatoms. The van der Waals surface area contributed by atoms with E-state index in [9.17, 15) is 4.79 Å². The summed E-state index contributed by atoms with van der Waals surface area (Å²) in [5.74, 6) is 0. The first-order valence-electron chi connectivity index (χ1n) is 6.94. The maximum Gasteiger partial charge on any atom is 0.323 e. The molecular formula is C17H16N4O. The Hall–Kier alpha value is -3.08. The van der Waals surface area contributed by atoms with Crippen LogP contribution in [0.3, 0.4) is 0 Å². The van der Waals surface area contributed by atoms with Crippen LogP contribution in [0.25, 0.3) is 17.1 Å². The number of fused-ring (bicyclic) bond motifs is 1. The van der Waals surface area contributed by atoms with E-state index in [2.05, 4.69) is 20.6 Å². The average Bonchev–Trinajstić information content (AvgIpc) is 2.95. The van der Waals surface area contributed by atoms with Gasteiger partial charge in [-0.2, -0.15) is 0 Å². The Morgan fingerprint density at radius 1 is 1.23 bits per heavy atom. The molecule has 2 aromatic carbocycles. The highest BCUT2D eigenvalue weighted by Gasteiger charge is 2.01. The van der Waals surface area contributed by atoms with Gasteiger partial charge in [0.25, 0.3) is 0 Å². The molecule has 0 aliphatic heterocycles. The number of amides is 2. The Balaban J connectivity index is 1.60. The fourth-order valence-corrected chi connectivity index (χ4v) is 2.17. The minimum atomic E-state index is -0.289. The molecule has 0 saturated carbocycles. The van der Waals surface area contributed by atoms with Gasteiger partial charge in [0.2, 0.25) is 0 Å². The zero-order chi connectivity index (χ0) is 15.4. The number of aromatic nitrogens is 2. The molecule has 0 radical (unpaired) electrons. The van der Waals surface area contributed by atoms with Gasteiger partial charge in [-0.3, -0.25) is 0 Å². The highest BCUT2D eigenvalue weighted by atomic mass is 16.2. The van der Waals surface area contributed by atoms with Gasteiger partial charge in [0.15, 0.2) is 0 Å². The molecule has 0 aliphatic rings. The number of H-pyrrole nitrogens is 1. The largest absolute Gasteiger partial charge is 0.345 e. The Kier molecular flexibility index (Phi) is 3.87. The van der Waals surface area contributed by atoms with Gasteiger partial charge in [-0.1, -0.05) is 29.8 Å². The smallest absolute Gasteiger partial charge is 0.323 e. The number of rotatable bonds is 3. The number of hydrogen-bond donors (Lipinski definition) is 3. The van der Waals surface area contributed by atoms with Crippen LogP contribution in [-0.4, -0.2) is 16.0 Å². The highest BCUT2D eigenvalue weighted by molar-refractivity contribution is 5.92. The number of hydrogen-bond acceptors (Lipinski definition) is 2. The number of aromatic amines is 1. The summed E-state index contributed by atoms with van der Waals surface area (Å²) in [7, 11) is 0. The van der Waals surface area contributed by atoms with E-state index in [1.54, 1.807) is 12.5 Å². The van der Waals surface area contributed by atoms with Gasteiger partial charge < -0.3 is 15.6 Å². The van der Waals surface area contributed by atoms with Gasteiger partial charge in [0.1, 0.15) is 0 Å². The van der Waals surface area contributed by atoms with E-state index in [0.717, 1.165) is 16.6 Å². The second kappa shape index (κ2) is 6.13. The van der Waals surface area contributed by atoms with Crippen molar-refractivity contribution in [2.45, 2.75) is 6.92 Å². The minimum Gasteiger partial charge on any atom is -0.345 e. The van der Waals surface area contributed by atoms with Crippen LogP contribution in [0.1, 0.15) is 11.1 Å². The molecule has 3 N–H and O–H groups in total. The molecule has 1 heterocycles. The van der Waals surface area contributed by atoms with Crippen molar-refractivity contribution >= 4 is 28.8 Å². The third-order valence-electron chi connectivity index (χ3n) is 3.21. The SMILES string of the molecule is Cc1cccc(/C=C/NC(=O)Nc2ccc3nc[nH]c3c2)c1. The van der Waals surface area contributed by atoms with E-state index in [-0.39, 0.29) is 6.03 Å². The van der Waals surface area contributed by atoms with E-state index in [1.807, 2.05) is 55.5 Å². The summed E-state index contributed by atoms with van der Waals surface area (Å²) in [6.07, 6.45) is 5.10. The standard InChI is InChI=1S/C17H16N4O/c1-12-3-2-4-13(9-12)7-8-18-17(22)21-14-5-6-15-16(10-14)20-11-19-15/h2-11H,1H3,(H,19,20)(H2,18,21,22)/b8-7+. The van der Waals surface area contributed by atoms with Gasteiger partial charge in [0.05, 0.1) is 17.4 Å². The van der Waals surface area contributed by atoms with Crippen LogP contribution in [0, 0.1) is 6.92 Å². The predicted molar refractivity (Wildman–Crippen MR) is 88.5 cm³/mol. The lowest BCUT2D eigenvalue weighted by Gasteiger charge is -2.04. The van der Waals surface area contributed by atoms with Gasteiger partial charge in [-0.25, -0.2) is 9.78 Å². The first-order valence-corrected chi connectivity index (χ1v) is 6.94. The maximum atomic E-state index is 11.8. The van der Waals surface area contributed by atoms with Crippen molar-refractivity contribution in [3.63, 3.8) is 0 Å².